The lowest BCUT2D eigenvalue weighted by Gasteiger charge is -2.45. The molecule has 4 saturated carbocycles. The van der Waals surface area contributed by atoms with Gasteiger partial charge in [0.1, 0.15) is 0 Å². The molecule has 4 fully saturated rings. The van der Waals surface area contributed by atoms with Crippen molar-refractivity contribution in [1.29, 1.82) is 0 Å². The lowest BCUT2D eigenvalue weighted by atomic mass is 9.59. The number of rotatable bonds is 6. The molecule has 0 spiro atoms. The van der Waals surface area contributed by atoms with Crippen molar-refractivity contribution in [2.75, 3.05) is 0 Å². The quantitative estimate of drug-likeness (QED) is 0.497. The zero-order chi connectivity index (χ0) is 22.4. The third-order valence-electron chi connectivity index (χ3n) is 9.32. The van der Waals surface area contributed by atoms with E-state index in [9.17, 15) is 15.3 Å². The van der Waals surface area contributed by atoms with Crippen molar-refractivity contribution in [3.63, 3.8) is 0 Å². The fraction of sp³-hybridized carbons (Fsp3) is 0.786. The summed E-state index contributed by atoms with van der Waals surface area (Å²) >= 11 is 0. The summed E-state index contributed by atoms with van der Waals surface area (Å²) in [6.07, 6.45) is 16.9. The van der Waals surface area contributed by atoms with Crippen molar-refractivity contribution in [1.82, 2.24) is 0 Å². The van der Waals surface area contributed by atoms with E-state index in [-0.39, 0.29) is 0 Å². The number of hydrogen-bond acceptors (Lipinski definition) is 3. The number of aliphatic hydroxyl groups is 3. The third-order valence-corrected chi connectivity index (χ3v) is 9.32. The summed E-state index contributed by atoms with van der Waals surface area (Å²) in [6.45, 7) is 10.5. The first-order valence-electron chi connectivity index (χ1n) is 12.7. The highest BCUT2D eigenvalue weighted by molar-refractivity contribution is 5.38. The second-order valence-corrected chi connectivity index (χ2v) is 12.1. The largest absolute Gasteiger partial charge is 0.393 e. The molecule has 3 heteroatoms. The van der Waals surface area contributed by atoms with E-state index in [1.165, 1.54) is 51.4 Å². The molecular weight excluding hydrogens is 384 g/mol. The van der Waals surface area contributed by atoms with Gasteiger partial charge in [-0.1, -0.05) is 37.6 Å². The summed E-state index contributed by atoms with van der Waals surface area (Å²) in [5.41, 5.74) is 3.77. The minimum Gasteiger partial charge on any atom is -0.393 e. The highest BCUT2D eigenvalue weighted by Gasteiger charge is 2.60. The Balaban J connectivity index is 1.49. The van der Waals surface area contributed by atoms with E-state index >= 15 is 0 Å². The van der Waals surface area contributed by atoms with Crippen LogP contribution in [0.15, 0.2) is 35.5 Å². The van der Waals surface area contributed by atoms with Crippen molar-refractivity contribution in [3.05, 3.63) is 35.5 Å². The Bertz CT molecular complexity index is 751. The van der Waals surface area contributed by atoms with Crippen molar-refractivity contribution < 1.29 is 15.3 Å². The van der Waals surface area contributed by atoms with Crippen molar-refractivity contribution in [3.8, 4) is 0 Å². The maximum atomic E-state index is 10.2. The molecule has 0 amide bonds. The van der Waals surface area contributed by atoms with E-state index in [1.807, 2.05) is 13.8 Å². The van der Waals surface area contributed by atoms with Crippen molar-refractivity contribution >= 4 is 0 Å². The third kappa shape index (κ3) is 4.75. The van der Waals surface area contributed by atoms with Gasteiger partial charge in [0.15, 0.2) is 0 Å². The van der Waals surface area contributed by atoms with Gasteiger partial charge in [-0.3, -0.25) is 0 Å². The summed E-state index contributed by atoms with van der Waals surface area (Å²) in [6, 6.07) is 0. The molecule has 4 aliphatic rings. The summed E-state index contributed by atoms with van der Waals surface area (Å²) in [4.78, 5) is 0. The normalized spacial score (nSPS) is 40.4. The van der Waals surface area contributed by atoms with Gasteiger partial charge in [-0.15, -0.1) is 0 Å². The Morgan fingerprint density at radius 1 is 1.13 bits per heavy atom. The molecule has 3 nitrogen and oxygen atoms in total. The number of allylic oxidation sites excluding steroid dienone is 3. The van der Waals surface area contributed by atoms with E-state index in [0.29, 0.717) is 29.6 Å². The molecule has 4 aliphatic carbocycles. The predicted octanol–water partition coefficient (Wildman–Crippen LogP) is 5.85. The van der Waals surface area contributed by atoms with Crippen LogP contribution in [0, 0.1) is 22.7 Å². The highest BCUT2D eigenvalue weighted by Crippen LogP contribution is 2.70. The number of hydrogen-bond donors (Lipinski definition) is 3. The van der Waals surface area contributed by atoms with Gasteiger partial charge in [0.2, 0.25) is 0 Å². The average molecular weight is 429 g/mol. The molecule has 0 heterocycles. The Kier molecular flexibility index (Phi) is 6.35. The fourth-order valence-electron chi connectivity index (χ4n) is 7.52. The van der Waals surface area contributed by atoms with E-state index in [4.69, 9.17) is 0 Å². The second kappa shape index (κ2) is 8.47. The minimum absolute atomic E-state index is 0.399. The van der Waals surface area contributed by atoms with Gasteiger partial charge >= 0.3 is 0 Å². The van der Waals surface area contributed by atoms with Crippen LogP contribution in [0.4, 0.5) is 0 Å². The monoisotopic (exact) mass is 428 g/mol. The molecule has 0 aromatic carbocycles. The summed E-state index contributed by atoms with van der Waals surface area (Å²) in [5.74, 6) is 1.48. The van der Waals surface area contributed by atoms with Crippen LogP contribution >= 0.6 is 0 Å². The standard InChI is InChI=1S/C28H44O3/c1-19-21(17-22(29)18-24(19)30)9-8-20-7-5-13-27(4)23(20)10-11-25(27)28(15-16-28)14-6-12-26(2,3)31/h8-9,22-25,29-31H,1,5-7,10-18H2,2-4H3/b20-8+,21-9-/t22-,23+,24+,25?,27+/m1/s1. The van der Waals surface area contributed by atoms with Crippen LogP contribution in [0.25, 0.3) is 0 Å². The van der Waals surface area contributed by atoms with Gasteiger partial charge in [-0.05, 0) is 112 Å². The molecule has 0 aromatic rings. The Labute approximate surface area is 189 Å². The Hall–Kier alpha value is -0.900. The van der Waals surface area contributed by atoms with Crippen molar-refractivity contribution in [2.45, 2.75) is 116 Å². The van der Waals surface area contributed by atoms with E-state index in [2.05, 4.69) is 25.7 Å². The van der Waals surface area contributed by atoms with Gasteiger partial charge in [-0.25, -0.2) is 0 Å². The first-order chi connectivity index (χ1) is 14.5. The first-order valence-corrected chi connectivity index (χ1v) is 12.7. The lowest BCUT2D eigenvalue weighted by Crippen LogP contribution is -2.37. The number of aliphatic hydroxyl groups excluding tert-OH is 2. The molecule has 0 aromatic heterocycles. The molecule has 0 bridgehead atoms. The Morgan fingerprint density at radius 3 is 2.55 bits per heavy atom. The summed E-state index contributed by atoms with van der Waals surface area (Å²) in [5, 5.41) is 30.4. The average Bonchev–Trinajstić information content (AvgIpc) is 3.35. The van der Waals surface area contributed by atoms with Gasteiger partial charge in [0, 0.05) is 6.42 Å². The SMILES string of the molecule is C=C1/C(=C\C=C2/CCC[C@]3(C)C(C4(CCCC(C)(C)O)CC4)CC[C@@H]23)C[C@@H](O)C[C@@H]1O. The van der Waals surface area contributed by atoms with Crippen molar-refractivity contribution in [2.24, 2.45) is 22.7 Å². The maximum absolute atomic E-state index is 10.2. The second-order valence-electron chi connectivity index (χ2n) is 12.1. The molecule has 31 heavy (non-hydrogen) atoms. The topological polar surface area (TPSA) is 60.7 Å². The summed E-state index contributed by atoms with van der Waals surface area (Å²) in [7, 11) is 0. The zero-order valence-electron chi connectivity index (χ0n) is 20.0. The van der Waals surface area contributed by atoms with E-state index < -0.39 is 17.8 Å². The predicted molar refractivity (Wildman–Crippen MR) is 127 cm³/mol. The first kappa shape index (κ1) is 23.3. The molecular formula is C28H44O3. The van der Waals surface area contributed by atoms with Gasteiger partial charge in [0.05, 0.1) is 17.8 Å². The summed E-state index contributed by atoms with van der Waals surface area (Å²) < 4.78 is 0. The maximum Gasteiger partial charge on any atom is 0.0811 e. The zero-order valence-corrected chi connectivity index (χ0v) is 20.0. The minimum atomic E-state index is -0.612. The molecule has 5 atom stereocenters. The van der Waals surface area contributed by atoms with Crippen LogP contribution in [-0.4, -0.2) is 33.1 Å². The lowest BCUT2D eigenvalue weighted by molar-refractivity contribution is 0.0521. The molecule has 174 valence electrons. The fourth-order valence-corrected chi connectivity index (χ4v) is 7.52. The van der Waals surface area contributed by atoms with Gasteiger partial charge < -0.3 is 15.3 Å². The molecule has 3 N–H and O–H groups in total. The van der Waals surface area contributed by atoms with Gasteiger partial charge in [-0.2, -0.15) is 0 Å². The van der Waals surface area contributed by atoms with Crippen LogP contribution in [0.5, 0.6) is 0 Å². The highest BCUT2D eigenvalue weighted by atomic mass is 16.3. The Morgan fingerprint density at radius 2 is 1.87 bits per heavy atom. The molecule has 0 radical (unpaired) electrons. The van der Waals surface area contributed by atoms with Crippen LogP contribution in [-0.2, 0) is 0 Å². The van der Waals surface area contributed by atoms with Crippen LogP contribution in [0.1, 0.15) is 97.8 Å². The molecule has 4 rings (SSSR count). The van der Waals surface area contributed by atoms with E-state index in [1.54, 1.807) is 5.57 Å². The molecule has 1 unspecified atom stereocenters. The molecule has 0 saturated heterocycles. The smallest absolute Gasteiger partial charge is 0.0811 e. The van der Waals surface area contributed by atoms with E-state index in [0.717, 1.165) is 29.9 Å². The molecule has 0 aliphatic heterocycles. The van der Waals surface area contributed by atoms with Gasteiger partial charge in [0.25, 0.3) is 0 Å². The van der Waals surface area contributed by atoms with Crippen LogP contribution in [0.2, 0.25) is 0 Å². The number of fused-ring (bicyclic) bond motifs is 1. The van der Waals surface area contributed by atoms with Crippen LogP contribution < -0.4 is 0 Å². The van der Waals surface area contributed by atoms with Crippen LogP contribution in [0.3, 0.4) is 0 Å².